The van der Waals surface area contributed by atoms with Crippen LogP contribution in [0.3, 0.4) is 0 Å². The zero-order chi connectivity index (χ0) is 23.5. The third-order valence-electron chi connectivity index (χ3n) is 5.58. The van der Waals surface area contributed by atoms with E-state index in [9.17, 15) is 23.3 Å². The molecule has 32 heavy (non-hydrogen) atoms. The Morgan fingerprint density at radius 2 is 1.94 bits per heavy atom. The van der Waals surface area contributed by atoms with E-state index >= 15 is 0 Å². The molecule has 3 rings (SSSR count). The van der Waals surface area contributed by atoms with E-state index < -0.39 is 15.6 Å². The fraction of sp³-hybridized carbons (Fsp3) is 0.409. The summed E-state index contributed by atoms with van der Waals surface area (Å²) in [6.07, 6.45) is 0.442. The molecule has 2 heterocycles. The Labute approximate surface area is 187 Å². The highest BCUT2D eigenvalue weighted by atomic mass is 32.2. The van der Waals surface area contributed by atoms with Crippen LogP contribution in [0.15, 0.2) is 27.9 Å². The third kappa shape index (κ3) is 4.91. The van der Waals surface area contributed by atoms with E-state index in [1.807, 2.05) is 6.07 Å². The number of pyridine rings is 1. The maximum Gasteiger partial charge on any atom is 0.266 e. The van der Waals surface area contributed by atoms with Crippen molar-refractivity contribution in [3.8, 4) is 6.07 Å². The zero-order valence-electron chi connectivity index (χ0n) is 18.3. The summed E-state index contributed by atoms with van der Waals surface area (Å²) in [4.78, 5) is 27.2. The van der Waals surface area contributed by atoms with Crippen molar-refractivity contribution >= 4 is 21.6 Å². The van der Waals surface area contributed by atoms with Crippen LogP contribution < -0.4 is 10.9 Å². The molecule has 0 saturated carbocycles. The predicted molar refractivity (Wildman–Crippen MR) is 119 cm³/mol. The molecule has 170 valence electrons. The number of amides is 1. The Morgan fingerprint density at radius 3 is 2.59 bits per heavy atom. The number of rotatable bonds is 6. The second-order valence-corrected chi connectivity index (χ2v) is 9.62. The van der Waals surface area contributed by atoms with Crippen LogP contribution in [0.5, 0.6) is 0 Å². The number of aromatic nitrogens is 1. The summed E-state index contributed by atoms with van der Waals surface area (Å²) < 4.78 is 32.7. The number of morpholine rings is 1. The molecule has 10 heteroatoms. The van der Waals surface area contributed by atoms with Crippen LogP contribution in [0.1, 0.15) is 34.4 Å². The van der Waals surface area contributed by atoms with Gasteiger partial charge in [0.15, 0.2) is 0 Å². The van der Waals surface area contributed by atoms with Crippen LogP contribution in [0, 0.1) is 32.1 Å². The first-order valence-corrected chi connectivity index (χ1v) is 11.7. The number of nitrogens with zero attached hydrogens (tertiary/aromatic N) is 2. The van der Waals surface area contributed by atoms with E-state index in [0.717, 1.165) is 5.56 Å². The topological polar surface area (TPSA) is 132 Å². The third-order valence-corrected chi connectivity index (χ3v) is 7.62. The molecule has 1 aromatic carbocycles. The summed E-state index contributed by atoms with van der Waals surface area (Å²) in [6.45, 7) is 6.43. The van der Waals surface area contributed by atoms with Gasteiger partial charge in [-0.3, -0.25) is 9.59 Å². The number of sulfonamides is 1. The average molecular weight is 459 g/mol. The van der Waals surface area contributed by atoms with Crippen LogP contribution in [0.25, 0.3) is 0 Å². The van der Waals surface area contributed by atoms with Crippen molar-refractivity contribution in [1.29, 1.82) is 5.26 Å². The largest absolute Gasteiger partial charge is 0.379 e. The van der Waals surface area contributed by atoms with Gasteiger partial charge in [-0.15, -0.1) is 0 Å². The highest BCUT2D eigenvalue weighted by molar-refractivity contribution is 7.89. The summed E-state index contributed by atoms with van der Waals surface area (Å²) in [6, 6.07) is 6.70. The Kier molecular flexibility index (Phi) is 7.13. The fourth-order valence-corrected chi connectivity index (χ4v) is 5.42. The molecule has 0 atom stereocenters. The van der Waals surface area contributed by atoms with E-state index in [2.05, 4.69) is 10.3 Å². The van der Waals surface area contributed by atoms with Gasteiger partial charge in [0, 0.05) is 30.9 Å². The van der Waals surface area contributed by atoms with E-state index in [-0.39, 0.29) is 22.8 Å². The lowest BCUT2D eigenvalue weighted by Crippen LogP contribution is -2.40. The van der Waals surface area contributed by atoms with Crippen LogP contribution in [0.2, 0.25) is 0 Å². The Hall–Kier alpha value is -3.00. The number of ether oxygens (including phenoxy) is 1. The van der Waals surface area contributed by atoms with Gasteiger partial charge < -0.3 is 15.0 Å². The number of nitriles is 1. The van der Waals surface area contributed by atoms with Crippen molar-refractivity contribution in [2.45, 2.75) is 38.5 Å². The lowest BCUT2D eigenvalue weighted by atomic mass is 9.99. The van der Waals surface area contributed by atoms with E-state index in [1.165, 1.54) is 10.4 Å². The SMILES string of the molecule is Cc1ccc(NC(=O)CCc2c(C)[nH]c(=O)c(C#N)c2C)cc1S(=O)(=O)N1CCOCC1. The van der Waals surface area contributed by atoms with Crippen LogP contribution in [0.4, 0.5) is 5.69 Å². The molecule has 0 bridgehead atoms. The summed E-state index contributed by atoms with van der Waals surface area (Å²) in [5.74, 6) is -0.299. The lowest BCUT2D eigenvalue weighted by Gasteiger charge is -2.26. The van der Waals surface area contributed by atoms with Gasteiger partial charge >= 0.3 is 0 Å². The van der Waals surface area contributed by atoms with Crippen molar-refractivity contribution in [3.05, 3.63) is 56.5 Å². The van der Waals surface area contributed by atoms with Gasteiger partial charge in [-0.05, 0) is 56.0 Å². The molecule has 2 aromatic rings. The molecule has 0 unspecified atom stereocenters. The molecule has 1 aromatic heterocycles. The monoisotopic (exact) mass is 458 g/mol. The Balaban J connectivity index is 1.75. The van der Waals surface area contributed by atoms with Crippen molar-refractivity contribution in [3.63, 3.8) is 0 Å². The summed E-state index contributed by atoms with van der Waals surface area (Å²) in [7, 11) is -3.69. The standard InChI is InChI=1S/C22H26N4O5S/c1-14-4-5-17(12-20(14)32(29,30)26-8-10-31-11-9-26)25-21(27)7-6-18-15(2)19(13-23)22(28)24-16(18)3/h4-5,12H,6-11H2,1-3H3,(H,24,28)(H,25,27). The van der Waals surface area contributed by atoms with E-state index in [4.69, 9.17) is 4.74 Å². The Morgan fingerprint density at radius 1 is 1.25 bits per heavy atom. The highest BCUT2D eigenvalue weighted by Crippen LogP contribution is 2.25. The minimum Gasteiger partial charge on any atom is -0.379 e. The van der Waals surface area contributed by atoms with Crippen molar-refractivity contribution in [2.24, 2.45) is 0 Å². The number of hydrogen-bond donors (Lipinski definition) is 2. The smallest absolute Gasteiger partial charge is 0.266 e. The van der Waals surface area contributed by atoms with E-state index in [1.54, 1.807) is 32.9 Å². The van der Waals surface area contributed by atoms with Crippen molar-refractivity contribution in [1.82, 2.24) is 9.29 Å². The number of carbonyl (C=O) groups is 1. The lowest BCUT2D eigenvalue weighted by molar-refractivity contribution is -0.116. The van der Waals surface area contributed by atoms with E-state index in [0.29, 0.717) is 55.2 Å². The van der Waals surface area contributed by atoms with Crippen molar-refractivity contribution < 1.29 is 17.9 Å². The van der Waals surface area contributed by atoms with Gasteiger partial charge in [-0.25, -0.2) is 8.42 Å². The number of anilines is 1. The average Bonchev–Trinajstić information content (AvgIpc) is 2.75. The number of H-pyrrole nitrogens is 1. The molecular formula is C22H26N4O5S. The molecule has 1 aliphatic heterocycles. The van der Waals surface area contributed by atoms with Gasteiger partial charge in [-0.1, -0.05) is 6.07 Å². The fourth-order valence-electron chi connectivity index (χ4n) is 3.76. The van der Waals surface area contributed by atoms with Gasteiger partial charge in [-0.2, -0.15) is 9.57 Å². The molecule has 0 aliphatic carbocycles. The number of aryl methyl sites for hydroxylation is 2. The van der Waals surface area contributed by atoms with Gasteiger partial charge in [0.2, 0.25) is 15.9 Å². The van der Waals surface area contributed by atoms with Gasteiger partial charge in [0.25, 0.3) is 5.56 Å². The molecule has 1 fully saturated rings. The zero-order valence-corrected chi connectivity index (χ0v) is 19.1. The first-order chi connectivity index (χ1) is 15.1. The number of carbonyl (C=O) groups excluding carboxylic acids is 1. The van der Waals surface area contributed by atoms with Gasteiger partial charge in [0.05, 0.1) is 18.1 Å². The maximum absolute atomic E-state index is 13.0. The Bertz CT molecular complexity index is 1240. The maximum atomic E-state index is 13.0. The first kappa shape index (κ1) is 23.7. The second-order valence-electron chi connectivity index (χ2n) is 7.71. The highest BCUT2D eigenvalue weighted by Gasteiger charge is 2.28. The molecule has 9 nitrogen and oxygen atoms in total. The molecular weight excluding hydrogens is 432 g/mol. The molecule has 1 amide bonds. The van der Waals surface area contributed by atoms with Crippen LogP contribution in [-0.2, 0) is 26.0 Å². The second kappa shape index (κ2) is 9.65. The molecule has 1 aliphatic rings. The summed E-state index contributed by atoms with van der Waals surface area (Å²) in [5, 5.41) is 11.9. The number of aromatic amines is 1. The molecule has 2 N–H and O–H groups in total. The minimum absolute atomic E-state index is 0.0440. The molecule has 0 spiro atoms. The summed E-state index contributed by atoms with van der Waals surface area (Å²) in [5.41, 5.74) is 2.52. The number of hydrogen-bond acceptors (Lipinski definition) is 6. The van der Waals surface area contributed by atoms with Crippen LogP contribution in [-0.4, -0.2) is 49.9 Å². The molecule has 1 saturated heterocycles. The quantitative estimate of drug-likeness (QED) is 0.678. The number of benzene rings is 1. The summed E-state index contributed by atoms with van der Waals surface area (Å²) >= 11 is 0. The predicted octanol–water partition coefficient (Wildman–Crippen LogP) is 1.76. The van der Waals surface area contributed by atoms with Crippen LogP contribution >= 0.6 is 0 Å². The molecule has 0 radical (unpaired) electrons. The first-order valence-electron chi connectivity index (χ1n) is 10.3. The minimum atomic E-state index is -3.69. The van der Waals surface area contributed by atoms with Gasteiger partial charge in [0.1, 0.15) is 11.6 Å². The van der Waals surface area contributed by atoms with Crippen molar-refractivity contribution in [2.75, 3.05) is 31.6 Å². The normalized spacial score (nSPS) is 14.7. The number of nitrogens with one attached hydrogen (secondary N) is 2.